The number of carbonyl (C=O) groups excluding carboxylic acids is 1. The number of hydrogen-bond acceptors (Lipinski definition) is 4. The van der Waals surface area contributed by atoms with Crippen LogP contribution in [0.4, 0.5) is 5.69 Å². The predicted molar refractivity (Wildman–Crippen MR) is 72.7 cm³/mol. The third-order valence-corrected chi connectivity index (χ3v) is 2.68. The first-order valence-electron chi connectivity index (χ1n) is 5.89. The van der Waals surface area contributed by atoms with Gasteiger partial charge in [-0.25, -0.2) is 5.10 Å². The molecule has 0 aliphatic rings. The fourth-order valence-electron chi connectivity index (χ4n) is 1.67. The molecule has 0 aliphatic heterocycles. The third kappa shape index (κ3) is 3.51. The average molecular weight is 280 g/mol. The number of nitrogens with one attached hydrogen (secondary N) is 2. The number of aromatic amines is 1. The Hall–Kier alpha value is -1.95. The molecule has 1 aromatic heterocycles. The standard InChI is InChI=1S/C12H14ClN5O/c1-7(2)5-11(19)14-10-6-8(13)3-4-9(10)12-15-17-18-16-12/h3-4,6-7H,5H2,1-2H3,(H,14,19)(H,15,16,17,18). The highest BCUT2D eigenvalue weighted by atomic mass is 35.5. The lowest BCUT2D eigenvalue weighted by molar-refractivity contribution is -0.116. The normalized spacial score (nSPS) is 10.7. The van der Waals surface area contributed by atoms with Crippen molar-refractivity contribution in [2.45, 2.75) is 20.3 Å². The summed E-state index contributed by atoms with van der Waals surface area (Å²) in [5.74, 6) is 0.706. The van der Waals surface area contributed by atoms with Gasteiger partial charge in [-0.05, 0) is 34.5 Å². The number of tetrazole rings is 1. The molecule has 0 aliphatic carbocycles. The SMILES string of the molecule is CC(C)CC(=O)Nc1cc(Cl)ccc1-c1nnn[nH]1. The Morgan fingerprint density at radius 2 is 2.26 bits per heavy atom. The van der Waals surface area contributed by atoms with Crippen LogP contribution < -0.4 is 5.32 Å². The first-order chi connectivity index (χ1) is 9.06. The fourth-order valence-corrected chi connectivity index (χ4v) is 1.84. The highest BCUT2D eigenvalue weighted by Crippen LogP contribution is 2.28. The second-order valence-corrected chi connectivity index (χ2v) is 5.02. The Morgan fingerprint density at radius 1 is 1.47 bits per heavy atom. The summed E-state index contributed by atoms with van der Waals surface area (Å²) >= 11 is 5.95. The van der Waals surface area contributed by atoms with Crippen LogP contribution >= 0.6 is 11.6 Å². The van der Waals surface area contributed by atoms with E-state index in [1.165, 1.54) is 0 Å². The van der Waals surface area contributed by atoms with E-state index >= 15 is 0 Å². The molecule has 0 radical (unpaired) electrons. The van der Waals surface area contributed by atoms with Crippen LogP contribution in [0.3, 0.4) is 0 Å². The van der Waals surface area contributed by atoms with Gasteiger partial charge in [0.2, 0.25) is 5.91 Å². The van der Waals surface area contributed by atoms with Crippen LogP contribution in [-0.4, -0.2) is 26.5 Å². The first-order valence-corrected chi connectivity index (χ1v) is 6.27. The molecule has 0 spiro atoms. The second kappa shape index (κ2) is 5.79. The van der Waals surface area contributed by atoms with Gasteiger partial charge in [0.05, 0.1) is 5.69 Å². The number of amides is 1. The van der Waals surface area contributed by atoms with Crippen molar-refractivity contribution >= 4 is 23.2 Å². The summed E-state index contributed by atoms with van der Waals surface area (Å²) in [5, 5.41) is 16.9. The molecular formula is C12H14ClN5O. The summed E-state index contributed by atoms with van der Waals surface area (Å²) in [5.41, 5.74) is 1.29. The van der Waals surface area contributed by atoms with Crippen LogP contribution in [0.15, 0.2) is 18.2 Å². The van der Waals surface area contributed by atoms with Crippen molar-refractivity contribution in [3.8, 4) is 11.4 Å². The van der Waals surface area contributed by atoms with E-state index in [1.54, 1.807) is 18.2 Å². The molecule has 100 valence electrons. The van der Waals surface area contributed by atoms with Crippen molar-refractivity contribution in [3.05, 3.63) is 23.2 Å². The topological polar surface area (TPSA) is 83.6 Å². The van der Waals surface area contributed by atoms with Crippen molar-refractivity contribution in [2.75, 3.05) is 5.32 Å². The van der Waals surface area contributed by atoms with E-state index in [0.29, 0.717) is 28.5 Å². The van der Waals surface area contributed by atoms with Gasteiger partial charge in [0.1, 0.15) is 0 Å². The van der Waals surface area contributed by atoms with Crippen LogP contribution in [0.1, 0.15) is 20.3 Å². The number of anilines is 1. The number of hydrogen-bond donors (Lipinski definition) is 2. The monoisotopic (exact) mass is 279 g/mol. The summed E-state index contributed by atoms with van der Waals surface area (Å²) in [6.45, 7) is 3.97. The molecule has 6 nitrogen and oxygen atoms in total. The predicted octanol–water partition coefficient (Wildman–Crippen LogP) is 2.50. The van der Waals surface area contributed by atoms with Crippen molar-refractivity contribution in [1.29, 1.82) is 0 Å². The van der Waals surface area contributed by atoms with Gasteiger partial charge in [0.25, 0.3) is 0 Å². The van der Waals surface area contributed by atoms with E-state index in [2.05, 4.69) is 25.9 Å². The molecule has 0 saturated heterocycles. The van der Waals surface area contributed by atoms with Crippen LogP contribution in [0, 0.1) is 5.92 Å². The number of aromatic nitrogens is 4. The fraction of sp³-hybridized carbons (Fsp3) is 0.333. The minimum atomic E-state index is -0.0639. The van der Waals surface area contributed by atoms with E-state index in [0.717, 1.165) is 0 Å². The van der Waals surface area contributed by atoms with Crippen LogP contribution in [0.5, 0.6) is 0 Å². The Balaban J connectivity index is 2.28. The molecular weight excluding hydrogens is 266 g/mol. The summed E-state index contributed by atoms with van der Waals surface area (Å²) in [6, 6.07) is 5.16. The number of rotatable bonds is 4. The quantitative estimate of drug-likeness (QED) is 0.901. The van der Waals surface area contributed by atoms with Crippen LogP contribution in [0.25, 0.3) is 11.4 Å². The van der Waals surface area contributed by atoms with Crippen molar-refractivity contribution < 1.29 is 4.79 Å². The zero-order valence-corrected chi connectivity index (χ0v) is 11.4. The van der Waals surface area contributed by atoms with E-state index in [9.17, 15) is 4.79 Å². The van der Waals surface area contributed by atoms with Gasteiger partial charge in [-0.2, -0.15) is 0 Å². The Morgan fingerprint density at radius 3 is 2.89 bits per heavy atom. The molecule has 7 heteroatoms. The lowest BCUT2D eigenvalue weighted by Crippen LogP contribution is -2.14. The molecule has 2 rings (SSSR count). The zero-order chi connectivity index (χ0) is 13.8. The molecule has 0 saturated carbocycles. The number of H-pyrrole nitrogens is 1. The largest absolute Gasteiger partial charge is 0.325 e. The van der Waals surface area contributed by atoms with Gasteiger partial charge in [-0.15, -0.1) is 5.10 Å². The second-order valence-electron chi connectivity index (χ2n) is 4.59. The van der Waals surface area contributed by atoms with Crippen LogP contribution in [0.2, 0.25) is 5.02 Å². The first kappa shape index (κ1) is 13.5. The Bertz CT molecular complexity index is 568. The molecule has 0 atom stereocenters. The molecule has 0 fully saturated rings. The molecule has 19 heavy (non-hydrogen) atoms. The smallest absolute Gasteiger partial charge is 0.224 e. The van der Waals surface area contributed by atoms with E-state index in [-0.39, 0.29) is 11.8 Å². The Labute approximate surface area is 115 Å². The van der Waals surface area contributed by atoms with Gasteiger partial charge in [0.15, 0.2) is 5.82 Å². The maximum absolute atomic E-state index is 11.8. The molecule has 0 unspecified atom stereocenters. The minimum absolute atomic E-state index is 0.0639. The molecule has 1 aromatic carbocycles. The molecule has 2 aromatic rings. The third-order valence-electron chi connectivity index (χ3n) is 2.45. The van der Waals surface area contributed by atoms with E-state index in [1.807, 2.05) is 13.8 Å². The lowest BCUT2D eigenvalue weighted by atomic mass is 10.1. The Kier molecular flexibility index (Phi) is 4.11. The number of carbonyl (C=O) groups is 1. The highest BCUT2D eigenvalue weighted by molar-refractivity contribution is 6.31. The van der Waals surface area contributed by atoms with E-state index < -0.39 is 0 Å². The van der Waals surface area contributed by atoms with Gasteiger partial charge in [-0.1, -0.05) is 25.4 Å². The summed E-state index contributed by atoms with van der Waals surface area (Å²) in [7, 11) is 0. The molecule has 1 heterocycles. The molecule has 1 amide bonds. The maximum atomic E-state index is 11.8. The summed E-state index contributed by atoms with van der Waals surface area (Å²) in [4.78, 5) is 11.8. The minimum Gasteiger partial charge on any atom is -0.325 e. The summed E-state index contributed by atoms with van der Waals surface area (Å²) in [6.07, 6.45) is 0.445. The lowest BCUT2D eigenvalue weighted by Gasteiger charge is -2.10. The van der Waals surface area contributed by atoms with Crippen molar-refractivity contribution in [3.63, 3.8) is 0 Å². The van der Waals surface area contributed by atoms with Gasteiger partial charge < -0.3 is 5.32 Å². The number of benzene rings is 1. The maximum Gasteiger partial charge on any atom is 0.224 e. The summed E-state index contributed by atoms with van der Waals surface area (Å²) < 4.78 is 0. The van der Waals surface area contributed by atoms with Crippen LogP contribution in [-0.2, 0) is 4.79 Å². The van der Waals surface area contributed by atoms with Gasteiger partial charge >= 0.3 is 0 Å². The number of halogens is 1. The molecule has 2 N–H and O–H groups in total. The molecule has 0 bridgehead atoms. The average Bonchev–Trinajstić information content (AvgIpc) is 2.81. The zero-order valence-electron chi connectivity index (χ0n) is 10.6. The van der Waals surface area contributed by atoms with Gasteiger partial charge in [-0.3, -0.25) is 4.79 Å². The van der Waals surface area contributed by atoms with Crippen molar-refractivity contribution in [1.82, 2.24) is 20.6 Å². The van der Waals surface area contributed by atoms with Gasteiger partial charge in [0, 0.05) is 17.0 Å². The van der Waals surface area contributed by atoms with Crippen molar-refractivity contribution in [2.24, 2.45) is 5.92 Å². The number of nitrogens with zero attached hydrogens (tertiary/aromatic N) is 3. The highest BCUT2D eigenvalue weighted by Gasteiger charge is 2.12. The van der Waals surface area contributed by atoms with E-state index in [4.69, 9.17) is 11.6 Å².